The lowest BCUT2D eigenvalue weighted by molar-refractivity contribution is -0.0275. The highest BCUT2D eigenvalue weighted by Crippen LogP contribution is 2.34. The first-order chi connectivity index (χ1) is 15.7. The number of ether oxygens (including phenoxy) is 2. The van der Waals surface area contributed by atoms with Gasteiger partial charge in [0.2, 0.25) is 0 Å². The minimum Gasteiger partial charge on any atom is -0.373 e. The van der Waals surface area contributed by atoms with Crippen LogP contribution >= 0.6 is 0 Å². The summed E-state index contributed by atoms with van der Waals surface area (Å²) >= 11 is 0. The molecule has 2 aliphatic heterocycles. The minimum atomic E-state index is 0.143. The second kappa shape index (κ2) is 11.5. The van der Waals surface area contributed by atoms with Crippen LogP contribution in [0, 0.1) is 18.8 Å². The zero-order valence-corrected chi connectivity index (χ0v) is 19.4. The van der Waals surface area contributed by atoms with Crippen molar-refractivity contribution in [2.45, 2.75) is 44.8 Å². The molecule has 4 unspecified atom stereocenters. The fraction of sp³-hybridized carbons (Fsp3) is 0.519. The van der Waals surface area contributed by atoms with Crippen LogP contribution in [0.15, 0.2) is 59.6 Å². The van der Waals surface area contributed by atoms with E-state index < -0.39 is 0 Å². The Kier molecular flexibility index (Phi) is 8.18. The molecule has 2 N–H and O–H groups in total. The van der Waals surface area contributed by atoms with Crippen LogP contribution in [0.4, 0.5) is 0 Å². The van der Waals surface area contributed by atoms with Crippen LogP contribution in [0.25, 0.3) is 0 Å². The van der Waals surface area contributed by atoms with E-state index in [2.05, 4.69) is 77.1 Å². The van der Waals surface area contributed by atoms with Gasteiger partial charge in [0.15, 0.2) is 5.96 Å². The van der Waals surface area contributed by atoms with Gasteiger partial charge in [-0.05, 0) is 43.7 Å². The van der Waals surface area contributed by atoms with Crippen molar-refractivity contribution in [3.05, 3.63) is 71.3 Å². The van der Waals surface area contributed by atoms with Crippen molar-refractivity contribution in [3.8, 4) is 0 Å². The third kappa shape index (κ3) is 5.90. The number of nitrogens with zero attached hydrogens (tertiary/aromatic N) is 1. The Balaban J connectivity index is 1.32. The SMILES string of the molecule is CN=C(NCC1CCCOC1c1ccccc1)NCC1CCCOC1c1ccc(C)cc1. The van der Waals surface area contributed by atoms with Crippen molar-refractivity contribution in [3.63, 3.8) is 0 Å². The summed E-state index contributed by atoms with van der Waals surface area (Å²) in [4.78, 5) is 4.48. The Bertz CT molecular complexity index is 853. The molecular weight excluding hydrogens is 398 g/mol. The zero-order chi connectivity index (χ0) is 22.2. The molecule has 4 atom stereocenters. The van der Waals surface area contributed by atoms with Crippen LogP contribution in [0.5, 0.6) is 0 Å². The van der Waals surface area contributed by atoms with Gasteiger partial charge in [0.1, 0.15) is 0 Å². The van der Waals surface area contributed by atoms with E-state index in [4.69, 9.17) is 9.47 Å². The molecule has 5 nitrogen and oxygen atoms in total. The molecule has 32 heavy (non-hydrogen) atoms. The Morgan fingerprint density at radius 2 is 1.34 bits per heavy atom. The quantitative estimate of drug-likeness (QED) is 0.506. The zero-order valence-electron chi connectivity index (χ0n) is 19.4. The molecule has 5 heteroatoms. The highest BCUT2D eigenvalue weighted by molar-refractivity contribution is 5.79. The minimum absolute atomic E-state index is 0.143. The van der Waals surface area contributed by atoms with Crippen molar-refractivity contribution in [2.24, 2.45) is 16.8 Å². The maximum atomic E-state index is 6.18. The molecule has 0 amide bonds. The fourth-order valence-corrected chi connectivity index (χ4v) is 4.92. The predicted octanol–water partition coefficient (Wildman–Crippen LogP) is 4.80. The summed E-state index contributed by atoms with van der Waals surface area (Å²) in [6, 6.07) is 19.3. The number of hydrogen-bond donors (Lipinski definition) is 2. The molecule has 0 aliphatic carbocycles. The van der Waals surface area contributed by atoms with Crippen molar-refractivity contribution in [1.82, 2.24) is 10.6 Å². The van der Waals surface area contributed by atoms with Crippen LogP contribution in [0.2, 0.25) is 0 Å². The van der Waals surface area contributed by atoms with E-state index in [1.54, 1.807) is 0 Å². The van der Waals surface area contributed by atoms with Crippen LogP contribution in [-0.2, 0) is 9.47 Å². The number of rotatable bonds is 6. The van der Waals surface area contributed by atoms with Gasteiger partial charge in [0.25, 0.3) is 0 Å². The van der Waals surface area contributed by atoms with E-state index in [9.17, 15) is 0 Å². The molecule has 0 bridgehead atoms. The maximum absolute atomic E-state index is 6.18. The molecule has 0 saturated carbocycles. The van der Waals surface area contributed by atoms with Crippen molar-refractivity contribution >= 4 is 5.96 Å². The lowest BCUT2D eigenvalue weighted by Crippen LogP contribution is -2.44. The summed E-state index contributed by atoms with van der Waals surface area (Å²) < 4.78 is 12.3. The lowest BCUT2D eigenvalue weighted by Gasteiger charge is -2.34. The topological polar surface area (TPSA) is 54.9 Å². The number of hydrogen-bond acceptors (Lipinski definition) is 3. The van der Waals surface area contributed by atoms with E-state index >= 15 is 0 Å². The van der Waals surface area contributed by atoms with Crippen LogP contribution in [0.1, 0.15) is 54.6 Å². The summed E-state index contributed by atoms with van der Waals surface area (Å²) in [5, 5.41) is 7.12. The number of guanidine groups is 1. The van der Waals surface area contributed by atoms with E-state index in [1.165, 1.54) is 16.7 Å². The van der Waals surface area contributed by atoms with Crippen molar-refractivity contribution < 1.29 is 9.47 Å². The molecule has 2 saturated heterocycles. The lowest BCUT2D eigenvalue weighted by atomic mass is 9.89. The summed E-state index contributed by atoms with van der Waals surface area (Å²) in [5.41, 5.74) is 3.82. The van der Waals surface area contributed by atoms with Crippen LogP contribution in [-0.4, -0.2) is 39.3 Å². The van der Waals surface area contributed by atoms with E-state index in [1.807, 2.05) is 7.05 Å². The van der Waals surface area contributed by atoms with Gasteiger partial charge >= 0.3 is 0 Å². The van der Waals surface area contributed by atoms with Gasteiger partial charge in [-0.15, -0.1) is 0 Å². The normalized spacial score (nSPS) is 26.5. The summed E-state index contributed by atoms with van der Waals surface area (Å²) in [7, 11) is 1.84. The van der Waals surface area contributed by atoms with Gasteiger partial charge < -0.3 is 20.1 Å². The molecule has 2 heterocycles. The first-order valence-electron chi connectivity index (χ1n) is 12.0. The second-order valence-corrected chi connectivity index (χ2v) is 9.04. The molecule has 4 rings (SSSR count). The Hall–Kier alpha value is -2.37. The monoisotopic (exact) mass is 435 g/mol. The van der Waals surface area contributed by atoms with Gasteiger partial charge in [-0.1, -0.05) is 60.2 Å². The standard InChI is InChI=1S/C27H37N3O2/c1-20-12-14-22(15-13-20)26-24(11-7-17-32-26)19-30-27(28-2)29-18-23-10-6-16-31-25(23)21-8-4-3-5-9-21/h3-5,8-9,12-15,23-26H,6-7,10-11,16-19H2,1-2H3,(H2,28,29,30). The van der Waals surface area contributed by atoms with Gasteiger partial charge in [0, 0.05) is 45.2 Å². The molecule has 172 valence electrons. The molecule has 0 aromatic heterocycles. The molecule has 2 fully saturated rings. The highest BCUT2D eigenvalue weighted by atomic mass is 16.5. The van der Waals surface area contributed by atoms with Crippen LogP contribution < -0.4 is 10.6 Å². The van der Waals surface area contributed by atoms with Gasteiger partial charge in [-0.2, -0.15) is 0 Å². The van der Waals surface area contributed by atoms with Gasteiger partial charge in [-0.25, -0.2) is 0 Å². The van der Waals surface area contributed by atoms with Crippen molar-refractivity contribution in [2.75, 3.05) is 33.4 Å². The first-order valence-corrected chi connectivity index (χ1v) is 12.0. The molecule has 2 aliphatic rings. The van der Waals surface area contributed by atoms with E-state index in [0.29, 0.717) is 11.8 Å². The number of benzene rings is 2. The molecule has 0 spiro atoms. The maximum Gasteiger partial charge on any atom is 0.191 e. The number of aryl methyl sites for hydroxylation is 1. The second-order valence-electron chi connectivity index (χ2n) is 9.04. The molecule has 0 radical (unpaired) electrons. The van der Waals surface area contributed by atoms with E-state index in [-0.39, 0.29) is 12.2 Å². The summed E-state index contributed by atoms with van der Waals surface area (Å²) in [6.07, 6.45) is 4.83. The summed E-state index contributed by atoms with van der Waals surface area (Å²) in [6.45, 7) is 5.50. The molecule has 2 aromatic rings. The Labute approximate surface area is 192 Å². The van der Waals surface area contributed by atoms with E-state index in [0.717, 1.165) is 57.9 Å². The van der Waals surface area contributed by atoms with Gasteiger partial charge in [0.05, 0.1) is 12.2 Å². The van der Waals surface area contributed by atoms with Gasteiger partial charge in [-0.3, -0.25) is 4.99 Å². The first kappa shape index (κ1) is 22.8. The smallest absolute Gasteiger partial charge is 0.191 e. The average Bonchev–Trinajstić information content (AvgIpc) is 2.86. The third-order valence-electron chi connectivity index (χ3n) is 6.71. The highest BCUT2D eigenvalue weighted by Gasteiger charge is 2.29. The van der Waals surface area contributed by atoms with Crippen LogP contribution in [0.3, 0.4) is 0 Å². The molecular formula is C27H37N3O2. The average molecular weight is 436 g/mol. The fourth-order valence-electron chi connectivity index (χ4n) is 4.92. The van der Waals surface area contributed by atoms with Crippen molar-refractivity contribution in [1.29, 1.82) is 0 Å². The Morgan fingerprint density at radius 1 is 0.812 bits per heavy atom. The Morgan fingerprint density at radius 3 is 1.88 bits per heavy atom. The number of aliphatic imine (C=N–C) groups is 1. The number of nitrogens with one attached hydrogen (secondary N) is 2. The largest absolute Gasteiger partial charge is 0.373 e. The summed E-state index contributed by atoms with van der Waals surface area (Å²) in [5.74, 6) is 1.72. The third-order valence-corrected chi connectivity index (χ3v) is 6.71. The molecule has 2 aromatic carbocycles. The predicted molar refractivity (Wildman–Crippen MR) is 130 cm³/mol.